The zero-order chi connectivity index (χ0) is 23.1. The molecule has 0 amide bonds. The monoisotopic (exact) mass is 430 g/mol. The largest absolute Gasteiger partial charge is 0.458 e. The normalized spacial score (nSPS) is 45.6. The summed E-state index contributed by atoms with van der Waals surface area (Å²) in [5, 5.41) is 34.3. The second-order valence-corrected chi connectivity index (χ2v) is 10.7. The van der Waals surface area contributed by atoms with Crippen molar-refractivity contribution < 1.29 is 29.6 Å². The summed E-state index contributed by atoms with van der Waals surface area (Å²) in [7, 11) is 0. The lowest BCUT2D eigenvalue weighted by Gasteiger charge is -2.48. The van der Waals surface area contributed by atoms with Gasteiger partial charge >= 0.3 is 5.97 Å². The summed E-state index contributed by atoms with van der Waals surface area (Å²) in [6, 6.07) is 0. The van der Waals surface area contributed by atoms with Crippen LogP contribution in [0.1, 0.15) is 48.0 Å². The number of fused-ring (bicyclic) bond motifs is 3. The lowest BCUT2D eigenvalue weighted by Crippen LogP contribution is -2.65. The minimum atomic E-state index is -2.10. The van der Waals surface area contributed by atoms with E-state index in [-0.39, 0.29) is 35.2 Å². The Morgan fingerprint density at radius 1 is 1.29 bits per heavy atom. The predicted octanol–water partition coefficient (Wildman–Crippen LogP) is 2.33. The van der Waals surface area contributed by atoms with E-state index in [4.69, 9.17) is 4.74 Å². The molecule has 3 N–H and O–H groups in total. The van der Waals surface area contributed by atoms with E-state index in [9.17, 15) is 24.9 Å². The van der Waals surface area contributed by atoms with Gasteiger partial charge in [0, 0.05) is 11.5 Å². The second kappa shape index (κ2) is 6.87. The molecule has 1 spiro atoms. The molecule has 31 heavy (non-hydrogen) atoms. The van der Waals surface area contributed by atoms with Crippen molar-refractivity contribution in [2.75, 3.05) is 6.61 Å². The highest BCUT2D eigenvalue weighted by Crippen LogP contribution is 2.71. The van der Waals surface area contributed by atoms with Gasteiger partial charge in [0.05, 0.1) is 5.41 Å². The Morgan fingerprint density at radius 2 is 1.94 bits per heavy atom. The molecule has 0 heterocycles. The number of hydrogen-bond donors (Lipinski definition) is 3. The number of carbonyl (C=O) groups is 2. The molecule has 0 aromatic carbocycles. The van der Waals surface area contributed by atoms with Gasteiger partial charge in [-0.05, 0) is 61.5 Å². The fourth-order valence-corrected chi connectivity index (χ4v) is 6.80. The van der Waals surface area contributed by atoms with Crippen LogP contribution in [0.3, 0.4) is 0 Å². The van der Waals surface area contributed by atoms with Crippen LogP contribution < -0.4 is 0 Å². The Labute approximate surface area is 183 Å². The first-order chi connectivity index (χ1) is 14.4. The van der Waals surface area contributed by atoms with Crippen molar-refractivity contribution in [3.05, 3.63) is 34.9 Å². The molecule has 0 unspecified atom stereocenters. The van der Waals surface area contributed by atoms with Crippen molar-refractivity contribution in [1.82, 2.24) is 0 Å². The summed E-state index contributed by atoms with van der Waals surface area (Å²) < 4.78 is 5.40. The number of aliphatic hydroxyl groups is 3. The van der Waals surface area contributed by atoms with E-state index in [1.165, 1.54) is 0 Å². The van der Waals surface area contributed by atoms with E-state index in [2.05, 4.69) is 13.8 Å². The molecule has 6 heteroatoms. The molecule has 6 nitrogen and oxygen atoms in total. The van der Waals surface area contributed by atoms with E-state index >= 15 is 0 Å². The van der Waals surface area contributed by atoms with Crippen molar-refractivity contribution in [3.63, 3.8) is 0 Å². The summed E-state index contributed by atoms with van der Waals surface area (Å²) in [6.45, 7) is 11.0. The van der Waals surface area contributed by atoms with Crippen LogP contribution in [0.2, 0.25) is 0 Å². The number of aliphatic hydroxyl groups excluding tert-OH is 2. The van der Waals surface area contributed by atoms with Gasteiger partial charge in [0.2, 0.25) is 0 Å². The van der Waals surface area contributed by atoms with Crippen LogP contribution in [-0.4, -0.2) is 51.5 Å². The Balaban J connectivity index is 1.84. The van der Waals surface area contributed by atoms with Crippen LogP contribution in [0, 0.1) is 34.5 Å². The molecule has 8 atom stereocenters. The number of esters is 1. The Bertz CT molecular complexity index is 926. The van der Waals surface area contributed by atoms with E-state index in [0.29, 0.717) is 17.1 Å². The van der Waals surface area contributed by atoms with Gasteiger partial charge in [0.1, 0.15) is 24.4 Å². The average molecular weight is 431 g/mol. The lowest BCUT2D eigenvalue weighted by atomic mass is 9.59. The van der Waals surface area contributed by atoms with Crippen LogP contribution in [0.15, 0.2) is 34.9 Å². The fraction of sp³-hybridized carbons (Fsp3) is 0.680. The van der Waals surface area contributed by atoms with E-state index in [1.807, 2.05) is 6.92 Å². The minimum Gasteiger partial charge on any atom is -0.458 e. The zero-order valence-electron chi connectivity index (χ0n) is 19.2. The lowest BCUT2D eigenvalue weighted by molar-refractivity contribution is -0.190. The number of ether oxygens (including phenoxy) is 1. The van der Waals surface area contributed by atoms with Gasteiger partial charge in [-0.3, -0.25) is 4.79 Å². The van der Waals surface area contributed by atoms with Crippen LogP contribution in [0.4, 0.5) is 0 Å². The molecule has 0 aromatic rings. The van der Waals surface area contributed by atoms with Crippen molar-refractivity contribution in [3.8, 4) is 0 Å². The maximum atomic E-state index is 14.1. The van der Waals surface area contributed by atoms with Crippen LogP contribution >= 0.6 is 0 Å². The molecular formula is C25H34O6. The Kier molecular flexibility index (Phi) is 4.97. The first-order valence-corrected chi connectivity index (χ1v) is 11.2. The van der Waals surface area contributed by atoms with Crippen LogP contribution in [-0.2, 0) is 14.3 Å². The molecule has 4 rings (SSSR count). The summed E-state index contributed by atoms with van der Waals surface area (Å²) in [4.78, 5) is 26.3. The smallest absolute Gasteiger partial charge is 0.333 e. The van der Waals surface area contributed by atoms with Crippen LogP contribution in [0.5, 0.6) is 0 Å². The molecule has 170 valence electrons. The molecule has 4 aliphatic rings. The summed E-state index contributed by atoms with van der Waals surface area (Å²) in [5.41, 5.74) is -2.32. The van der Waals surface area contributed by atoms with Crippen molar-refractivity contribution in [1.29, 1.82) is 0 Å². The first kappa shape index (κ1) is 22.4. The van der Waals surface area contributed by atoms with Gasteiger partial charge in [0.25, 0.3) is 0 Å². The van der Waals surface area contributed by atoms with Gasteiger partial charge in [0.15, 0.2) is 5.78 Å². The number of rotatable bonds is 3. The number of Topliss-reactive ketones (excluding diaryl/α,β-unsaturated/α-hetero) is 1. The fourth-order valence-electron chi connectivity index (χ4n) is 6.80. The highest BCUT2D eigenvalue weighted by atomic mass is 16.5. The topological polar surface area (TPSA) is 104 Å². The Hall–Kier alpha value is -1.76. The predicted molar refractivity (Wildman–Crippen MR) is 115 cm³/mol. The molecular weight excluding hydrogens is 396 g/mol. The molecule has 2 bridgehead atoms. The van der Waals surface area contributed by atoms with Gasteiger partial charge in [-0.2, -0.15) is 0 Å². The highest BCUT2D eigenvalue weighted by molar-refractivity contribution is 5.95. The van der Waals surface area contributed by atoms with Gasteiger partial charge < -0.3 is 20.1 Å². The number of hydrogen-bond acceptors (Lipinski definition) is 6. The second-order valence-electron chi connectivity index (χ2n) is 10.7. The number of ketones is 1. The molecule has 2 saturated carbocycles. The zero-order valence-corrected chi connectivity index (χ0v) is 19.2. The Morgan fingerprint density at radius 3 is 2.55 bits per heavy atom. The van der Waals surface area contributed by atoms with Gasteiger partial charge in [-0.15, -0.1) is 0 Å². The van der Waals surface area contributed by atoms with Gasteiger partial charge in [-0.25, -0.2) is 4.79 Å². The molecule has 0 radical (unpaired) electrons. The quantitative estimate of drug-likeness (QED) is 0.361. The maximum absolute atomic E-state index is 14.1. The van der Waals surface area contributed by atoms with Crippen molar-refractivity contribution in [2.45, 2.75) is 65.8 Å². The summed E-state index contributed by atoms with van der Waals surface area (Å²) in [6.07, 6.45) is 2.87. The van der Waals surface area contributed by atoms with E-state index in [1.54, 1.807) is 39.0 Å². The van der Waals surface area contributed by atoms with Crippen molar-refractivity contribution in [2.24, 2.45) is 34.5 Å². The molecule has 2 fully saturated rings. The maximum Gasteiger partial charge on any atom is 0.333 e. The first-order valence-electron chi connectivity index (χ1n) is 11.2. The van der Waals surface area contributed by atoms with E-state index in [0.717, 1.165) is 6.42 Å². The van der Waals surface area contributed by atoms with Crippen LogP contribution in [0.25, 0.3) is 0 Å². The third-order valence-corrected chi connectivity index (χ3v) is 8.87. The standard InChI is InChI=1S/C25H34O6/c1-7-12(2)22(29)31-11-15-9-16-18-17(23(18,5)6)8-14(4)24(21(16)28)10-13(3)19(26)25(24,30)20(15)27/h7,9-10,14,16-20,26-27,30H,8,11H2,1-6H3/t14-,16+,17-,18+,19+,20-,24+,25-/m1/s1. The number of carbonyl (C=O) groups excluding carboxylic acids is 2. The summed E-state index contributed by atoms with van der Waals surface area (Å²) in [5.74, 6) is -1.04. The highest BCUT2D eigenvalue weighted by Gasteiger charge is 2.75. The number of allylic oxidation sites excluding steroid dienone is 2. The third kappa shape index (κ3) is 2.68. The SMILES string of the molecule is CC=C(C)C(=O)OCC1=C[C@@H]2C(=O)[C@]3(C=C(C)[C@H](O)[C@@]3(O)[C@@H]1O)[C@H](C)C[C@@H]1[C@H]2C1(C)C. The summed E-state index contributed by atoms with van der Waals surface area (Å²) >= 11 is 0. The average Bonchev–Trinajstić information content (AvgIpc) is 3.22. The van der Waals surface area contributed by atoms with Gasteiger partial charge in [-0.1, -0.05) is 39.0 Å². The molecule has 0 aromatic heterocycles. The van der Waals surface area contributed by atoms with Crippen molar-refractivity contribution >= 4 is 11.8 Å². The molecule has 4 aliphatic carbocycles. The molecule has 0 aliphatic heterocycles. The van der Waals surface area contributed by atoms with E-state index < -0.39 is 35.1 Å². The molecule has 0 saturated heterocycles. The third-order valence-electron chi connectivity index (χ3n) is 8.87. The minimum absolute atomic E-state index is 0.0284.